The van der Waals surface area contributed by atoms with Gasteiger partial charge < -0.3 is 10.0 Å². The fraction of sp³-hybridized carbons (Fsp3) is 0.400. The summed E-state index contributed by atoms with van der Waals surface area (Å²) in [5.74, 6) is -0.326. The first kappa shape index (κ1) is 13.5. The number of aliphatic hydroxyl groups is 1. The zero-order valence-corrected chi connectivity index (χ0v) is 12.0. The Bertz CT molecular complexity index is 667. The highest BCUT2D eigenvalue weighted by atomic mass is 32.1. The van der Waals surface area contributed by atoms with Gasteiger partial charge in [0.25, 0.3) is 5.91 Å². The maximum absolute atomic E-state index is 13.3. The number of nitrogens with zero attached hydrogens (tertiary/aromatic N) is 1. The fourth-order valence-corrected chi connectivity index (χ4v) is 3.97. The van der Waals surface area contributed by atoms with E-state index < -0.39 is 0 Å². The summed E-state index contributed by atoms with van der Waals surface area (Å²) in [4.78, 5) is 15.0. The molecule has 1 N–H and O–H groups in total. The van der Waals surface area contributed by atoms with Crippen molar-refractivity contribution >= 4 is 27.3 Å². The number of likely N-dealkylation sites (tertiary alicyclic amines) is 1. The van der Waals surface area contributed by atoms with Crippen LogP contribution < -0.4 is 0 Å². The standard InChI is InChI=1S/C15H16FNO2S/c1-9-12-7-10(16)4-5-13(12)20-14(9)15(19)17-6-2-3-11(17)8-18/h4-5,7,11,18H,2-3,6,8H2,1H3/t11-/m1/s1. The van der Waals surface area contributed by atoms with E-state index >= 15 is 0 Å². The van der Waals surface area contributed by atoms with E-state index in [9.17, 15) is 14.3 Å². The number of carbonyl (C=O) groups is 1. The highest BCUT2D eigenvalue weighted by molar-refractivity contribution is 7.21. The normalized spacial score (nSPS) is 18.9. The zero-order valence-electron chi connectivity index (χ0n) is 11.2. The maximum Gasteiger partial charge on any atom is 0.264 e. The SMILES string of the molecule is Cc1c(C(=O)N2CCC[C@@H]2CO)sc2ccc(F)cc12. The van der Waals surface area contributed by atoms with Crippen LogP contribution in [0.25, 0.3) is 10.1 Å². The topological polar surface area (TPSA) is 40.5 Å². The van der Waals surface area contributed by atoms with E-state index in [0.29, 0.717) is 11.4 Å². The third-order valence-electron chi connectivity index (χ3n) is 3.94. The third kappa shape index (κ3) is 2.11. The predicted molar refractivity (Wildman–Crippen MR) is 77.7 cm³/mol. The number of hydrogen-bond donors (Lipinski definition) is 1. The number of rotatable bonds is 2. The Morgan fingerprint density at radius 2 is 2.35 bits per heavy atom. The van der Waals surface area contributed by atoms with E-state index in [4.69, 9.17) is 0 Å². The Morgan fingerprint density at radius 3 is 3.10 bits per heavy atom. The Hall–Kier alpha value is -1.46. The number of fused-ring (bicyclic) bond motifs is 1. The van der Waals surface area contributed by atoms with Gasteiger partial charge >= 0.3 is 0 Å². The number of hydrogen-bond acceptors (Lipinski definition) is 3. The van der Waals surface area contributed by atoms with Gasteiger partial charge in [-0.2, -0.15) is 0 Å². The molecule has 106 valence electrons. The minimum absolute atomic E-state index is 0.00428. The summed E-state index contributed by atoms with van der Waals surface area (Å²) in [6.07, 6.45) is 1.77. The Labute approximate surface area is 120 Å². The molecule has 0 spiro atoms. The largest absolute Gasteiger partial charge is 0.394 e. The van der Waals surface area contributed by atoms with Gasteiger partial charge in [-0.3, -0.25) is 4.79 Å². The summed E-state index contributed by atoms with van der Waals surface area (Å²) in [5.41, 5.74) is 0.832. The molecule has 5 heteroatoms. The van der Waals surface area contributed by atoms with Crippen molar-refractivity contribution < 1.29 is 14.3 Å². The lowest BCUT2D eigenvalue weighted by Gasteiger charge is -2.22. The van der Waals surface area contributed by atoms with Crippen LogP contribution in [0.1, 0.15) is 28.1 Å². The van der Waals surface area contributed by atoms with Crippen molar-refractivity contribution in [2.24, 2.45) is 0 Å². The Morgan fingerprint density at radius 1 is 1.55 bits per heavy atom. The highest BCUT2D eigenvalue weighted by Crippen LogP contribution is 2.33. The summed E-state index contributed by atoms with van der Waals surface area (Å²) in [6.45, 7) is 2.55. The summed E-state index contributed by atoms with van der Waals surface area (Å²) in [5, 5.41) is 10.1. The van der Waals surface area contributed by atoms with Gasteiger partial charge in [-0.25, -0.2) is 4.39 Å². The number of aryl methyl sites for hydroxylation is 1. The van der Waals surface area contributed by atoms with Crippen molar-refractivity contribution in [3.63, 3.8) is 0 Å². The number of amides is 1. The molecular weight excluding hydrogens is 277 g/mol. The van der Waals surface area contributed by atoms with Crippen molar-refractivity contribution in [1.82, 2.24) is 4.90 Å². The molecule has 1 amide bonds. The molecule has 3 nitrogen and oxygen atoms in total. The Balaban J connectivity index is 2.01. The molecule has 1 fully saturated rings. The van der Waals surface area contributed by atoms with Crippen LogP contribution in [0.3, 0.4) is 0 Å². The van der Waals surface area contributed by atoms with E-state index in [-0.39, 0.29) is 24.4 Å². The molecule has 1 saturated heterocycles. The lowest BCUT2D eigenvalue weighted by molar-refractivity contribution is 0.0682. The second-order valence-corrected chi connectivity index (χ2v) is 6.23. The van der Waals surface area contributed by atoms with Crippen molar-refractivity contribution in [2.45, 2.75) is 25.8 Å². The minimum atomic E-state index is -0.285. The van der Waals surface area contributed by atoms with Gasteiger partial charge in [-0.15, -0.1) is 11.3 Å². The van der Waals surface area contributed by atoms with Crippen LogP contribution >= 0.6 is 11.3 Å². The molecule has 1 aliphatic rings. The minimum Gasteiger partial charge on any atom is -0.394 e. The summed E-state index contributed by atoms with van der Waals surface area (Å²) >= 11 is 1.40. The molecule has 0 saturated carbocycles. The highest BCUT2D eigenvalue weighted by Gasteiger charge is 2.30. The van der Waals surface area contributed by atoms with Gasteiger partial charge in [-0.1, -0.05) is 0 Å². The molecule has 20 heavy (non-hydrogen) atoms. The first-order chi connectivity index (χ1) is 9.61. The van der Waals surface area contributed by atoms with Crippen LogP contribution in [-0.2, 0) is 0 Å². The van der Waals surface area contributed by atoms with Crippen LogP contribution in [0, 0.1) is 12.7 Å². The first-order valence-corrected chi connectivity index (χ1v) is 7.54. The van der Waals surface area contributed by atoms with Gasteiger partial charge in [0.1, 0.15) is 5.82 Å². The van der Waals surface area contributed by atoms with Gasteiger partial charge in [-0.05, 0) is 48.9 Å². The predicted octanol–water partition coefficient (Wildman–Crippen LogP) is 2.95. The monoisotopic (exact) mass is 293 g/mol. The van der Waals surface area contributed by atoms with Crippen LogP contribution in [0.5, 0.6) is 0 Å². The second-order valence-electron chi connectivity index (χ2n) is 5.17. The molecule has 2 heterocycles. The van der Waals surface area contributed by atoms with E-state index in [0.717, 1.165) is 28.5 Å². The molecule has 0 aliphatic carbocycles. The summed E-state index contributed by atoms with van der Waals surface area (Å²) in [7, 11) is 0. The molecule has 1 aliphatic heterocycles. The van der Waals surface area contributed by atoms with Gasteiger partial charge in [0.15, 0.2) is 0 Å². The Kier molecular flexibility index (Phi) is 3.48. The van der Waals surface area contributed by atoms with Crippen molar-refractivity contribution in [2.75, 3.05) is 13.2 Å². The smallest absolute Gasteiger partial charge is 0.264 e. The van der Waals surface area contributed by atoms with E-state index in [2.05, 4.69) is 0 Å². The maximum atomic E-state index is 13.3. The number of thiophene rings is 1. The quantitative estimate of drug-likeness (QED) is 0.925. The molecule has 0 unspecified atom stereocenters. The van der Waals surface area contributed by atoms with Crippen LogP contribution in [-0.4, -0.2) is 35.1 Å². The fourth-order valence-electron chi connectivity index (χ4n) is 2.82. The third-order valence-corrected chi connectivity index (χ3v) is 5.20. The molecular formula is C15H16FNO2S. The van der Waals surface area contributed by atoms with E-state index in [1.54, 1.807) is 11.0 Å². The van der Waals surface area contributed by atoms with Crippen molar-refractivity contribution in [1.29, 1.82) is 0 Å². The number of benzene rings is 1. The molecule has 0 radical (unpaired) electrons. The average molecular weight is 293 g/mol. The summed E-state index contributed by atoms with van der Waals surface area (Å²) in [6, 6.07) is 4.53. The van der Waals surface area contributed by atoms with Crippen molar-refractivity contribution in [3.8, 4) is 0 Å². The molecule has 1 atom stereocenters. The number of halogens is 1. The second kappa shape index (κ2) is 5.14. The van der Waals surface area contributed by atoms with Crippen LogP contribution in [0.2, 0.25) is 0 Å². The van der Waals surface area contributed by atoms with Crippen molar-refractivity contribution in [3.05, 3.63) is 34.5 Å². The number of aliphatic hydroxyl groups excluding tert-OH is 1. The molecule has 3 rings (SSSR count). The van der Waals surface area contributed by atoms with E-state index in [1.165, 1.54) is 23.5 Å². The zero-order chi connectivity index (χ0) is 14.3. The lowest BCUT2D eigenvalue weighted by atomic mass is 10.1. The molecule has 1 aromatic carbocycles. The molecule has 0 bridgehead atoms. The molecule has 2 aromatic rings. The van der Waals surface area contributed by atoms with Gasteiger partial charge in [0.05, 0.1) is 17.5 Å². The average Bonchev–Trinajstić information content (AvgIpc) is 3.03. The van der Waals surface area contributed by atoms with E-state index in [1.807, 2.05) is 6.92 Å². The summed E-state index contributed by atoms with van der Waals surface area (Å²) < 4.78 is 14.2. The molecule has 1 aromatic heterocycles. The van der Waals surface area contributed by atoms with Crippen LogP contribution in [0.15, 0.2) is 18.2 Å². The van der Waals surface area contributed by atoms with Gasteiger partial charge in [0.2, 0.25) is 0 Å². The number of carbonyl (C=O) groups excluding carboxylic acids is 1. The van der Waals surface area contributed by atoms with Gasteiger partial charge in [0, 0.05) is 11.2 Å². The van der Waals surface area contributed by atoms with Crippen LogP contribution in [0.4, 0.5) is 4.39 Å². The lowest BCUT2D eigenvalue weighted by Crippen LogP contribution is -2.37. The first-order valence-electron chi connectivity index (χ1n) is 6.72.